The van der Waals surface area contributed by atoms with Gasteiger partial charge in [0.15, 0.2) is 0 Å². The minimum absolute atomic E-state index is 0.109. The molecule has 3 aromatic rings. The van der Waals surface area contributed by atoms with E-state index in [0.717, 1.165) is 30.7 Å². The third-order valence-corrected chi connectivity index (χ3v) is 4.86. The summed E-state index contributed by atoms with van der Waals surface area (Å²) in [5.41, 5.74) is 1.62. The molecule has 0 aliphatic carbocycles. The first kappa shape index (κ1) is 18.2. The molecule has 7 nitrogen and oxygen atoms in total. The van der Waals surface area contributed by atoms with Crippen LogP contribution in [-0.2, 0) is 6.42 Å². The van der Waals surface area contributed by atoms with Crippen LogP contribution in [0.4, 0.5) is 0 Å². The van der Waals surface area contributed by atoms with Crippen molar-refractivity contribution >= 4 is 5.91 Å². The minimum atomic E-state index is -0.124. The van der Waals surface area contributed by atoms with Gasteiger partial charge >= 0.3 is 0 Å². The van der Waals surface area contributed by atoms with E-state index in [4.69, 9.17) is 9.26 Å². The van der Waals surface area contributed by atoms with E-state index in [1.807, 2.05) is 37.3 Å². The van der Waals surface area contributed by atoms with Crippen LogP contribution in [0.15, 0.2) is 53.3 Å². The van der Waals surface area contributed by atoms with Crippen molar-refractivity contribution in [2.45, 2.75) is 32.1 Å². The standard InChI is InChI=1S/C21H22N4O3/c1-2-16-11-19(28-24-16)21(26)25-10-6-7-15(14-25)18-12-22-13-20(23-18)27-17-8-4-3-5-9-17/h3-5,8-9,11-13,15H,2,6-7,10,14H2,1H3. The lowest BCUT2D eigenvalue weighted by Gasteiger charge is -2.31. The van der Waals surface area contributed by atoms with Crippen LogP contribution in [0.3, 0.4) is 0 Å². The molecule has 1 fully saturated rings. The van der Waals surface area contributed by atoms with Crippen LogP contribution in [-0.4, -0.2) is 39.0 Å². The van der Waals surface area contributed by atoms with E-state index in [1.54, 1.807) is 23.4 Å². The lowest BCUT2D eigenvalue weighted by Crippen LogP contribution is -2.39. The zero-order valence-electron chi connectivity index (χ0n) is 15.7. The van der Waals surface area contributed by atoms with E-state index in [1.165, 1.54) is 0 Å². The Morgan fingerprint density at radius 2 is 2.14 bits per heavy atom. The molecule has 1 aromatic carbocycles. The number of benzene rings is 1. The Kier molecular flexibility index (Phi) is 5.32. The monoisotopic (exact) mass is 378 g/mol. The number of hydrogen-bond donors (Lipinski definition) is 0. The third-order valence-electron chi connectivity index (χ3n) is 4.86. The van der Waals surface area contributed by atoms with Gasteiger partial charge < -0.3 is 14.2 Å². The predicted molar refractivity (Wildman–Crippen MR) is 102 cm³/mol. The van der Waals surface area contributed by atoms with E-state index in [-0.39, 0.29) is 11.8 Å². The largest absolute Gasteiger partial charge is 0.437 e. The molecule has 1 atom stereocenters. The SMILES string of the molecule is CCc1cc(C(=O)N2CCCC(c3cncc(Oc4ccccc4)n3)C2)on1. The summed E-state index contributed by atoms with van der Waals surface area (Å²) in [6, 6.07) is 11.2. The number of carbonyl (C=O) groups is 1. The molecular weight excluding hydrogens is 356 g/mol. The van der Waals surface area contributed by atoms with Gasteiger partial charge in [0.1, 0.15) is 5.75 Å². The Labute approximate surface area is 163 Å². The number of aryl methyl sites for hydroxylation is 1. The molecule has 1 unspecified atom stereocenters. The van der Waals surface area contributed by atoms with Gasteiger partial charge in [-0.3, -0.25) is 9.78 Å². The van der Waals surface area contributed by atoms with Gasteiger partial charge in [-0.1, -0.05) is 30.3 Å². The first-order valence-corrected chi connectivity index (χ1v) is 9.52. The molecule has 2 aromatic heterocycles. The highest BCUT2D eigenvalue weighted by molar-refractivity contribution is 5.91. The quantitative estimate of drug-likeness (QED) is 0.671. The van der Waals surface area contributed by atoms with E-state index in [2.05, 4.69) is 15.1 Å². The van der Waals surface area contributed by atoms with E-state index in [0.29, 0.717) is 30.5 Å². The summed E-state index contributed by atoms with van der Waals surface area (Å²) in [5, 5.41) is 3.92. The fourth-order valence-electron chi connectivity index (χ4n) is 3.36. The van der Waals surface area contributed by atoms with Crippen molar-refractivity contribution in [2.24, 2.45) is 0 Å². The van der Waals surface area contributed by atoms with Gasteiger partial charge in [0, 0.05) is 31.3 Å². The summed E-state index contributed by atoms with van der Waals surface area (Å²) in [5.74, 6) is 1.45. The Morgan fingerprint density at radius 3 is 2.93 bits per heavy atom. The van der Waals surface area contributed by atoms with Crippen LogP contribution in [0.1, 0.15) is 47.6 Å². The van der Waals surface area contributed by atoms with Gasteiger partial charge in [0.05, 0.1) is 17.6 Å². The molecule has 0 bridgehead atoms. The number of aromatic nitrogens is 3. The molecule has 7 heteroatoms. The number of para-hydroxylation sites is 1. The Balaban J connectivity index is 1.47. The van der Waals surface area contributed by atoms with Crippen LogP contribution in [0.5, 0.6) is 11.6 Å². The van der Waals surface area contributed by atoms with Crippen LogP contribution in [0.25, 0.3) is 0 Å². The third kappa shape index (κ3) is 4.03. The molecular formula is C21H22N4O3. The molecule has 0 spiro atoms. The van der Waals surface area contributed by atoms with Crippen molar-refractivity contribution in [2.75, 3.05) is 13.1 Å². The summed E-state index contributed by atoms with van der Waals surface area (Å²) in [4.78, 5) is 23.4. The molecule has 28 heavy (non-hydrogen) atoms. The zero-order chi connectivity index (χ0) is 19.3. The molecule has 0 radical (unpaired) electrons. The smallest absolute Gasteiger partial charge is 0.292 e. The fraction of sp³-hybridized carbons (Fsp3) is 0.333. The Morgan fingerprint density at radius 1 is 1.29 bits per heavy atom. The predicted octanol–water partition coefficient (Wildman–Crippen LogP) is 3.84. The Hall–Kier alpha value is -3.22. The van der Waals surface area contributed by atoms with Crippen LogP contribution in [0, 0.1) is 0 Å². The highest BCUT2D eigenvalue weighted by atomic mass is 16.5. The van der Waals surface area contributed by atoms with Gasteiger partial charge in [-0.25, -0.2) is 4.98 Å². The number of rotatable bonds is 5. The highest BCUT2D eigenvalue weighted by Crippen LogP contribution is 2.28. The normalized spacial score (nSPS) is 16.8. The van der Waals surface area contributed by atoms with E-state index in [9.17, 15) is 4.79 Å². The molecule has 0 saturated carbocycles. The summed E-state index contributed by atoms with van der Waals surface area (Å²) in [6.45, 7) is 3.25. The summed E-state index contributed by atoms with van der Waals surface area (Å²) >= 11 is 0. The summed E-state index contributed by atoms with van der Waals surface area (Å²) in [6.07, 6.45) is 5.94. The number of piperidine rings is 1. The van der Waals surface area contributed by atoms with Crippen molar-refractivity contribution < 1.29 is 14.1 Å². The molecule has 3 heterocycles. The number of ether oxygens (including phenoxy) is 1. The second-order valence-electron chi connectivity index (χ2n) is 6.82. The summed E-state index contributed by atoms with van der Waals surface area (Å²) < 4.78 is 11.0. The average Bonchev–Trinajstić information content (AvgIpc) is 3.24. The lowest BCUT2D eigenvalue weighted by atomic mass is 9.95. The first-order chi connectivity index (χ1) is 13.7. The molecule has 1 saturated heterocycles. The van der Waals surface area contributed by atoms with Crippen LogP contribution >= 0.6 is 0 Å². The van der Waals surface area contributed by atoms with E-state index >= 15 is 0 Å². The molecule has 4 rings (SSSR count). The van der Waals surface area contributed by atoms with Crippen molar-refractivity contribution in [3.8, 4) is 11.6 Å². The zero-order valence-corrected chi connectivity index (χ0v) is 15.7. The molecule has 0 N–H and O–H groups in total. The summed E-state index contributed by atoms with van der Waals surface area (Å²) in [7, 11) is 0. The van der Waals surface area contributed by atoms with Gasteiger partial charge in [-0.05, 0) is 31.4 Å². The number of amides is 1. The molecule has 1 aliphatic heterocycles. The topological polar surface area (TPSA) is 81.4 Å². The second-order valence-corrected chi connectivity index (χ2v) is 6.82. The number of hydrogen-bond acceptors (Lipinski definition) is 6. The first-order valence-electron chi connectivity index (χ1n) is 9.52. The van der Waals surface area contributed by atoms with Gasteiger partial charge in [-0.15, -0.1) is 0 Å². The van der Waals surface area contributed by atoms with Crippen molar-refractivity contribution in [3.63, 3.8) is 0 Å². The van der Waals surface area contributed by atoms with Crippen molar-refractivity contribution in [1.82, 2.24) is 20.0 Å². The molecule has 144 valence electrons. The van der Waals surface area contributed by atoms with Crippen molar-refractivity contribution in [1.29, 1.82) is 0 Å². The maximum Gasteiger partial charge on any atom is 0.292 e. The highest BCUT2D eigenvalue weighted by Gasteiger charge is 2.28. The van der Waals surface area contributed by atoms with Crippen LogP contribution in [0.2, 0.25) is 0 Å². The number of likely N-dealkylation sites (tertiary alicyclic amines) is 1. The maximum absolute atomic E-state index is 12.7. The average molecular weight is 378 g/mol. The molecule has 1 aliphatic rings. The maximum atomic E-state index is 12.7. The second kappa shape index (κ2) is 8.21. The van der Waals surface area contributed by atoms with Gasteiger partial charge in [0.2, 0.25) is 11.6 Å². The minimum Gasteiger partial charge on any atom is -0.437 e. The van der Waals surface area contributed by atoms with Crippen LogP contribution < -0.4 is 4.74 Å². The number of nitrogens with zero attached hydrogens (tertiary/aromatic N) is 4. The van der Waals surface area contributed by atoms with Gasteiger partial charge in [-0.2, -0.15) is 0 Å². The van der Waals surface area contributed by atoms with Gasteiger partial charge in [0.25, 0.3) is 5.91 Å². The Bertz CT molecular complexity index is 942. The van der Waals surface area contributed by atoms with E-state index < -0.39 is 0 Å². The van der Waals surface area contributed by atoms with Crippen molar-refractivity contribution in [3.05, 3.63) is 65.9 Å². The molecule has 1 amide bonds. The fourth-order valence-corrected chi connectivity index (χ4v) is 3.36. The lowest BCUT2D eigenvalue weighted by molar-refractivity contribution is 0.0663. The number of carbonyl (C=O) groups excluding carboxylic acids is 1.